The molecule has 0 saturated heterocycles. The molecule has 1 atom stereocenters. The van der Waals surface area contributed by atoms with Gasteiger partial charge in [-0.1, -0.05) is 27.7 Å². The second kappa shape index (κ2) is 6.01. The predicted molar refractivity (Wildman–Crippen MR) is 59.7 cm³/mol. The normalized spacial score (nSPS) is 13.7. The minimum Gasteiger partial charge on any atom is -0.377 e. The number of hydrogen-bond donors (Lipinski definition) is 0. The van der Waals surface area contributed by atoms with Crippen LogP contribution in [0.1, 0.15) is 40.5 Å². The highest BCUT2D eigenvalue weighted by Crippen LogP contribution is 2.24. The SMILES string of the molecule is CCC(C)(C)C(=O)CC(C)C(=O)COC. The van der Waals surface area contributed by atoms with Crippen LogP contribution in [0.5, 0.6) is 0 Å². The first-order valence-electron chi connectivity index (χ1n) is 5.40. The van der Waals surface area contributed by atoms with E-state index in [1.54, 1.807) is 6.92 Å². The molecule has 0 aliphatic heterocycles. The molecular formula is C12H22O3. The van der Waals surface area contributed by atoms with Gasteiger partial charge in [-0.05, 0) is 6.42 Å². The van der Waals surface area contributed by atoms with E-state index in [1.165, 1.54) is 7.11 Å². The summed E-state index contributed by atoms with van der Waals surface area (Å²) in [5, 5.41) is 0. The van der Waals surface area contributed by atoms with Crippen molar-refractivity contribution in [2.24, 2.45) is 11.3 Å². The van der Waals surface area contributed by atoms with Gasteiger partial charge in [0.1, 0.15) is 12.4 Å². The van der Waals surface area contributed by atoms with Crippen LogP contribution in [0.15, 0.2) is 0 Å². The van der Waals surface area contributed by atoms with Crippen molar-refractivity contribution < 1.29 is 14.3 Å². The molecule has 0 aromatic carbocycles. The van der Waals surface area contributed by atoms with E-state index in [2.05, 4.69) is 0 Å². The molecule has 0 radical (unpaired) electrons. The van der Waals surface area contributed by atoms with Gasteiger partial charge in [0.15, 0.2) is 5.78 Å². The Kier molecular flexibility index (Phi) is 5.73. The molecular weight excluding hydrogens is 192 g/mol. The molecule has 1 unspecified atom stereocenters. The molecule has 0 heterocycles. The first-order valence-corrected chi connectivity index (χ1v) is 5.40. The average Bonchev–Trinajstić information content (AvgIpc) is 2.17. The number of ketones is 2. The Morgan fingerprint density at radius 2 is 1.87 bits per heavy atom. The van der Waals surface area contributed by atoms with Crippen LogP contribution in [-0.4, -0.2) is 25.3 Å². The van der Waals surface area contributed by atoms with Gasteiger partial charge in [0.25, 0.3) is 0 Å². The zero-order chi connectivity index (χ0) is 12.1. The Morgan fingerprint density at radius 3 is 2.27 bits per heavy atom. The van der Waals surface area contributed by atoms with Crippen LogP contribution in [-0.2, 0) is 14.3 Å². The predicted octanol–water partition coefficient (Wildman–Crippen LogP) is 2.23. The van der Waals surface area contributed by atoms with Gasteiger partial charge in [-0.25, -0.2) is 0 Å². The molecule has 3 nitrogen and oxygen atoms in total. The molecule has 0 saturated carbocycles. The highest BCUT2D eigenvalue weighted by atomic mass is 16.5. The summed E-state index contributed by atoms with van der Waals surface area (Å²) < 4.78 is 4.76. The maximum Gasteiger partial charge on any atom is 0.161 e. The minimum atomic E-state index is -0.318. The van der Waals surface area contributed by atoms with E-state index in [-0.39, 0.29) is 29.5 Å². The zero-order valence-corrected chi connectivity index (χ0v) is 10.4. The van der Waals surface area contributed by atoms with Gasteiger partial charge in [-0.2, -0.15) is 0 Å². The minimum absolute atomic E-state index is 0.00208. The van der Waals surface area contributed by atoms with Crippen LogP contribution in [0.3, 0.4) is 0 Å². The second-order valence-electron chi connectivity index (χ2n) is 4.67. The Morgan fingerprint density at radius 1 is 1.33 bits per heavy atom. The Bertz CT molecular complexity index is 231. The number of Topliss-reactive ketones (excluding diaryl/α,β-unsaturated/α-hetero) is 2. The van der Waals surface area contributed by atoms with Crippen molar-refractivity contribution in [1.82, 2.24) is 0 Å². The molecule has 0 spiro atoms. The molecule has 0 bridgehead atoms. The standard InChI is InChI=1S/C12H22O3/c1-6-12(3,4)11(14)7-9(2)10(13)8-15-5/h9H,6-8H2,1-5H3. The Labute approximate surface area is 92.2 Å². The van der Waals surface area contributed by atoms with Crippen molar-refractivity contribution in [2.75, 3.05) is 13.7 Å². The summed E-state index contributed by atoms with van der Waals surface area (Å²) in [6.45, 7) is 7.71. The molecule has 0 N–H and O–H groups in total. The molecule has 88 valence electrons. The summed E-state index contributed by atoms with van der Waals surface area (Å²) in [6.07, 6.45) is 1.13. The fraction of sp³-hybridized carbons (Fsp3) is 0.833. The van der Waals surface area contributed by atoms with E-state index in [9.17, 15) is 9.59 Å². The molecule has 0 aromatic rings. The van der Waals surface area contributed by atoms with Gasteiger partial charge in [-0.3, -0.25) is 9.59 Å². The van der Waals surface area contributed by atoms with Crippen LogP contribution in [0.25, 0.3) is 0 Å². The van der Waals surface area contributed by atoms with Crippen molar-refractivity contribution in [3.63, 3.8) is 0 Å². The van der Waals surface area contributed by atoms with Crippen LogP contribution in [0.4, 0.5) is 0 Å². The average molecular weight is 214 g/mol. The van der Waals surface area contributed by atoms with E-state index in [1.807, 2.05) is 20.8 Å². The lowest BCUT2D eigenvalue weighted by atomic mass is 9.81. The molecule has 0 aliphatic carbocycles. The summed E-state index contributed by atoms with van der Waals surface area (Å²) in [5.41, 5.74) is -0.318. The van der Waals surface area contributed by atoms with Crippen molar-refractivity contribution in [3.05, 3.63) is 0 Å². The Balaban J connectivity index is 4.24. The number of carbonyl (C=O) groups excluding carboxylic acids is 2. The number of ether oxygens (including phenoxy) is 1. The second-order valence-corrected chi connectivity index (χ2v) is 4.67. The summed E-state index contributed by atoms with van der Waals surface area (Å²) in [4.78, 5) is 23.2. The number of hydrogen-bond acceptors (Lipinski definition) is 3. The molecule has 0 fully saturated rings. The van der Waals surface area contributed by atoms with E-state index in [0.29, 0.717) is 6.42 Å². The largest absolute Gasteiger partial charge is 0.377 e. The first-order chi connectivity index (χ1) is 6.85. The van der Waals surface area contributed by atoms with Crippen molar-refractivity contribution >= 4 is 11.6 Å². The van der Waals surface area contributed by atoms with Gasteiger partial charge >= 0.3 is 0 Å². The molecule has 0 aromatic heterocycles. The van der Waals surface area contributed by atoms with Gasteiger partial charge in [-0.15, -0.1) is 0 Å². The smallest absolute Gasteiger partial charge is 0.161 e. The highest BCUT2D eigenvalue weighted by molar-refractivity contribution is 5.90. The van der Waals surface area contributed by atoms with E-state index in [0.717, 1.165) is 6.42 Å². The Hall–Kier alpha value is -0.700. The van der Waals surface area contributed by atoms with E-state index >= 15 is 0 Å². The van der Waals surface area contributed by atoms with E-state index < -0.39 is 0 Å². The first kappa shape index (κ1) is 14.3. The summed E-state index contributed by atoms with van der Waals surface area (Å²) >= 11 is 0. The zero-order valence-electron chi connectivity index (χ0n) is 10.4. The van der Waals surface area contributed by atoms with Gasteiger partial charge in [0.2, 0.25) is 0 Å². The van der Waals surface area contributed by atoms with Gasteiger partial charge < -0.3 is 4.74 Å². The molecule has 0 aliphatic rings. The fourth-order valence-corrected chi connectivity index (χ4v) is 1.15. The summed E-state index contributed by atoms with van der Waals surface area (Å²) in [7, 11) is 1.49. The third kappa shape index (κ3) is 4.56. The third-order valence-corrected chi connectivity index (χ3v) is 2.97. The lowest BCUT2D eigenvalue weighted by Gasteiger charge is -2.22. The maximum absolute atomic E-state index is 11.8. The number of rotatable bonds is 7. The van der Waals surface area contributed by atoms with Crippen LogP contribution in [0.2, 0.25) is 0 Å². The third-order valence-electron chi connectivity index (χ3n) is 2.97. The lowest BCUT2D eigenvalue weighted by Crippen LogP contribution is -2.28. The molecule has 0 amide bonds. The van der Waals surface area contributed by atoms with Crippen LogP contribution >= 0.6 is 0 Å². The molecule has 3 heteroatoms. The quantitative estimate of drug-likeness (QED) is 0.652. The van der Waals surface area contributed by atoms with Crippen molar-refractivity contribution in [3.8, 4) is 0 Å². The molecule has 0 rings (SSSR count). The number of methoxy groups -OCH3 is 1. The topological polar surface area (TPSA) is 43.4 Å². The van der Waals surface area contributed by atoms with Crippen LogP contribution < -0.4 is 0 Å². The van der Waals surface area contributed by atoms with E-state index in [4.69, 9.17) is 4.74 Å². The summed E-state index contributed by atoms with van der Waals surface area (Å²) in [6, 6.07) is 0. The highest BCUT2D eigenvalue weighted by Gasteiger charge is 2.28. The maximum atomic E-state index is 11.8. The van der Waals surface area contributed by atoms with Crippen molar-refractivity contribution in [2.45, 2.75) is 40.5 Å². The lowest BCUT2D eigenvalue weighted by molar-refractivity contribution is -0.133. The summed E-state index contributed by atoms with van der Waals surface area (Å²) in [5.74, 6) is -0.0806. The van der Waals surface area contributed by atoms with Crippen molar-refractivity contribution in [1.29, 1.82) is 0 Å². The number of carbonyl (C=O) groups is 2. The van der Waals surface area contributed by atoms with Gasteiger partial charge in [0.05, 0.1) is 0 Å². The van der Waals surface area contributed by atoms with Gasteiger partial charge in [0, 0.05) is 24.9 Å². The monoisotopic (exact) mass is 214 g/mol. The van der Waals surface area contributed by atoms with Crippen LogP contribution in [0, 0.1) is 11.3 Å². The fourth-order valence-electron chi connectivity index (χ4n) is 1.15. The molecule has 15 heavy (non-hydrogen) atoms.